The Bertz CT molecular complexity index is 1400. The number of benzene rings is 3. The van der Waals surface area contributed by atoms with Crippen LogP contribution in [0.15, 0.2) is 54.6 Å². The van der Waals surface area contributed by atoms with E-state index in [1.807, 2.05) is 62.4 Å². The Kier molecular flexibility index (Phi) is 11.9. The van der Waals surface area contributed by atoms with Crippen molar-refractivity contribution in [2.45, 2.75) is 79.4 Å². The Morgan fingerprint density at radius 2 is 1.52 bits per heavy atom. The lowest BCUT2D eigenvalue weighted by atomic mass is 9.70. The zero-order chi connectivity index (χ0) is 32.7. The minimum atomic E-state index is -0.894. The van der Waals surface area contributed by atoms with Gasteiger partial charge in [0, 0.05) is 6.61 Å². The molecule has 3 aromatic carbocycles. The summed E-state index contributed by atoms with van der Waals surface area (Å²) in [6.07, 6.45) is 0.769. The number of methoxy groups -OCH3 is 2. The lowest BCUT2D eigenvalue weighted by Gasteiger charge is -2.36. The van der Waals surface area contributed by atoms with Crippen molar-refractivity contribution >= 4 is 16.5 Å². The normalized spacial score (nSPS) is 13.8. The summed E-state index contributed by atoms with van der Waals surface area (Å²) >= 11 is 0. The smallest absolute Gasteiger partial charge is 0.314 e. The highest BCUT2D eigenvalue weighted by molar-refractivity contribution is 5.98. The first-order valence-electron chi connectivity index (χ1n) is 15.2. The maximum atomic E-state index is 13.1. The van der Waals surface area contributed by atoms with Gasteiger partial charge in [-0.15, -0.1) is 0 Å². The van der Waals surface area contributed by atoms with E-state index in [0.29, 0.717) is 40.3 Å². The first kappa shape index (κ1) is 35.0. The van der Waals surface area contributed by atoms with Crippen LogP contribution < -0.4 is 14.2 Å². The van der Waals surface area contributed by atoms with Gasteiger partial charge in [-0.3, -0.25) is 4.79 Å². The summed E-state index contributed by atoms with van der Waals surface area (Å²) in [6.45, 7) is 15.5. The van der Waals surface area contributed by atoms with Gasteiger partial charge in [-0.25, -0.2) is 0 Å². The molecule has 0 aliphatic carbocycles. The third-order valence-electron chi connectivity index (χ3n) is 8.19. The summed E-state index contributed by atoms with van der Waals surface area (Å²) in [5.41, 5.74) is 3.82. The zero-order valence-electron chi connectivity index (χ0n) is 28.1. The van der Waals surface area contributed by atoms with Gasteiger partial charge < -0.3 is 28.5 Å². The number of ether oxygens (including phenoxy) is 4. The van der Waals surface area contributed by atoms with Crippen molar-refractivity contribution in [3.63, 3.8) is 0 Å². The van der Waals surface area contributed by atoms with Crippen molar-refractivity contribution in [3.8, 4) is 23.0 Å². The van der Waals surface area contributed by atoms with E-state index in [1.165, 1.54) is 7.11 Å². The standard InChI is InChI=1S/C36H50O7Si/c1-23(2)15-26-16-30(37)31(41-20-25-13-11-10-12-14-25)17-27(26)21-42-33-18-28(29(35(4,5)6)19-32(33)39-8)24(3)36(7,22-43-44)34(38)40-9/h10-14,16-19,23-24,37H,15,20-22H2,1-9,44H3. The molecule has 0 aliphatic rings. The molecule has 0 aliphatic heterocycles. The maximum Gasteiger partial charge on any atom is 0.314 e. The van der Waals surface area contributed by atoms with Crippen molar-refractivity contribution in [2.24, 2.45) is 11.3 Å². The van der Waals surface area contributed by atoms with Crippen LogP contribution >= 0.6 is 0 Å². The van der Waals surface area contributed by atoms with Crippen molar-refractivity contribution < 1.29 is 33.3 Å². The van der Waals surface area contributed by atoms with Crippen LogP contribution in [0.1, 0.15) is 82.2 Å². The second-order valence-electron chi connectivity index (χ2n) is 13.2. The molecule has 2 atom stereocenters. The Morgan fingerprint density at radius 1 is 0.864 bits per heavy atom. The molecule has 240 valence electrons. The molecule has 0 bridgehead atoms. The fraction of sp³-hybridized carbons (Fsp3) is 0.472. The quantitative estimate of drug-likeness (QED) is 0.160. The van der Waals surface area contributed by atoms with E-state index in [0.717, 1.165) is 34.2 Å². The molecule has 0 fully saturated rings. The molecule has 8 heteroatoms. The molecule has 3 aromatic rings. The number of carbonyl (C=O) groups is 1. The minimum absolute atomic E-state index is 0.104. The van der Waals surface area contributed by atoms with Gasteiger partial charge in [0.25, 0.3) is 0 Å². The van der Waals surface area contributed by atoms with Gasteiger partial charge in [0.15, 0.2) is 23.0 Å². The third kappa shape index (κ3) is 8.36. The summed E-state index contributed by atoms with van der Waals surface area (Å²) in [5, 5.41) is 10.8. The molecule has 3 rings (SSSR count). The van der Waals surface area contributed by atoms with Crippen LogP contribution in [0.4, 0.5) is 0 Å². The zero-order valence-corrected chi connectivity index (χ0v) is 30.1. The first-order chi connectivity index (χ1) is 20.7. The van der Waals surface area contributed by atoms with E-state index in [1.54, 1.807) is 13.2 Å². The van der Waals surface area contributed by atoms with Crippen LogP contribution in [0.5, 0.6) is 23.0 Å². The number of hydrogen-bond donors (Lipinski definition) is 1. The third-order valence-corrected chi connectivity index (χ3v) is 8.48. The first-order valence-corrected chi connectivity index (χ1v) is 16.0. The summed E-state index contributed by atoms with van der Waals surface area (Å²) in [6, 6.07) is 17.5. The van der Waals surface area contributed by atoms with E-state index in [2.05, 4.69) is 34.6 Å². The van der Waals surface area contributed by atoms with E-state index in [4.69, 9.17) is 23.4 Å². The molecule has 0 radical (unpaired) electrons. The summed E-state index contributed by atoms with van der Waals surface area (Å²) < 4.78 is 29.3. The molecule has 44 heavy (non-hydrogen) atoms. The van der Waals surface area contributed by atoms with Crippen molar-refractivity contribution in [1.82, 2.24) is 0 Å². The highest BCUT2D eigenvalue weighted by Crippen LogP contribution is 2.46. The van der Waals surface area contributed by atoms with Gasteiger partial charge in [-0.05, 0) is 82.7 Å². The molecular weight excluding hydrogens is 572 g/mol. The summed E-state index contributed by atoms with van der Waals surface area (Å²) in [4.78, 5) is 13.1. The maximum absolute atomic E-state index is 13.1. The number of carbonyl (C=O) groups excluding carboxylic acids is 1. The Hall–Kier alpha value is -3.49. The SMILES string of the molecule is COC(=O)C(C)(CO[SiH3])C(C)c1cc(OCc2cc(OCc3ccccc3)c(O)cc2CC(C)C)c(OC)cc1C(C)(C)C. The lowest BCUT2D eigenvalue weighted by molar-refractivity contribution is -0.155. The van der Waals surface area contributed by atoms with Crippen LogP contribution in [0.2, 0.25) is 0 Å². The number of esters is 1. The van der Waals surface area contributed by atoms with Crippen molar-refractivity contribution in [1.29, 1.82) is 0 Å². The van der Waals surface area contributed by atoms with E-state index < -0.39 is 5.41 Å². The predicted octanol–water partition coefficient (Wildman–Crippen LogP) is 6.63. The van der Waals surface area contributed by atoms with Crippen LogP contribution in [0.3, 0.4) is 0 Å². The fourth-order valence-corrected chi connectivity index (χ4v) is 6.12. The van der Waals surface area contributed by atoms with Crippen LogP contribution in [0.25, 0.3) is 0 Å². The molecule has 1 N–H and O–H groups in total. The predicted molar refractivity (Wildman–Crippen MR) is 178 cm³/mol. The second-order valence-corrected chi connectivity index (χ2v) is 13.7. The number of phenols is 1. The molecule has 0 amide bonds. The topological polar surface area (TPSA) is 83.5 Å². The van der Waals surface area contributed by atoms with Crippen LogP contribution in [-0.2, 0) is 39.0 Å². The second kappa shape index (κ2) is 15.0. The highest BCUT2D eigenvalue weighted by atomic mass is 28.2. The lowest BCUT2D eigenvalue weighted by Crippen LogP contribution is -2.39. The largest absolute Gasteiger partial charge is 0.504 e. The fourth-order valence-electron chi connectivity index (χ4n) is 5.52. The Morgan fingerprint density at radius 3 is 2.09 bits per heavy atom. The number of aromatic hydroxyl groups is 1. The average Bonchev–Trinajstić information content (AvgIpc) is 2.98. The van der Waals surface area contributed by atoms with Crippen molar-refractivity contribution in [2.75, 3.05) is 20.8 Å². The van der Waals surface area contributed by atoms with E-state index in [9.17, 15) is 9.90 Å². The van der Waals surface area contributed by atoms with Gasteiger partial charge in [-0.2, -0.15) is 0 Å². The molecule has 0 saturated carbocycles. The van der Waals surface area contributed by atoms with E-state index >= 15 is 0 Å². The van der Waals surface area contributed by atoms with Gasteiger partial charge in [0.2, 0.25) is 0 Å². The summed E-state index contributed by atoms with van der Waals surface area (Å²) in [5.74, 6) is 1.50. The van der Waals surface area contributed by atoms with Gasteiger partial charge in [0.1, 0.15) is 23.7 Å². The molecule has 7 nitrogen and oxygen atoms in total. The number of rotatable bonds is 14. The molecule has 2 unspecified atom stereocenters. The number of hydrogen-bond acceptors (Lipinski definition) is 7. The highest BCUT2D eigenvalue weighted by Gasteiger charge is 2.43. The van der Waals surface area contributed by atoms with Gasteiger partial charge in [0.05, 0.1) is 19.6 Å². The monoisotopic (exact) mass is 622 g/mol. The molecular formula is C36H50O7Si. The van der Waals surface area contributed by atoms with Crippen LogP contribution in [-0.4, -0.2) is 42.4 Å². The molecule has 0 heterocycles. The molecule has 0 saturated heterocycles. The number of phenolic OH excluding ortho intramolecular Hbond substituents is 1. The molecule has 0 spiro atoms. The summed E-state index contributed by atoms with van der Waals surface area (Å²) in [7, 11) is 3.55. The average molecular weight is 623 g/mol. The van der Waals surface area contributed by atoms with Crippen LogP contribution in [0, 0.1) is 11.3 Å². The minimum Gasteiger partial charge on any atom is -0.504 e. The van der Waals surface area contributed by atoms with Gasteiger partial charge in [-0.1, -0.05) is 71.9 Å². The molecule has 0 aromatic heterocycles. The van der Waals surface area contributed by atoms with Gasteiger partial charge >= 0.3 is 5.97 Å². The van der Waals surface area contributed by atoms with Crippen molar-refractivity contribution in [3.05, 3.63) is 82.4 Å². The Labute approximate surface area is 266 Å². The Balaban J connectivity index is 2.05. The van der Waals surface area contributed by atoms with E-state index in [-0.39, 0.29) is 36.3 Å².